The van der Waals surface area contributed by atoms with Crippen LogP contribution in [0.4, 0.5) is 5.95 Å². The highest BCUT2D eigenvalue weighted by molar-refractivity contribution is 5.31. The third kappa shape index (κ3) is 3.78. The molecule has 1 aliphatic heterocycles. The molecule has 8 heteroatoms. The van der Waals surface area contributed by atoms with Gasteiger partial charge in [0, 0.05) is 32.6 Å². The number of aromatic nitrogens is 5. The number of nitrogens with zero attached hydrogens (tertiary/aromatic N) is 7. The van der Waals surface area contributed by atoms with Crippen LogP contribution in [0, 0.1) is 0 Å². The molecule has 0 bridgehead atoms. The molecule has 0 amide bonds. The molecule has 0 radical (unpaired) electrons. The summed E-state index contributed by atoms with van der Waals surface area (Å²) in [5, 5.41) is 12.7. The van der Waals surface area contributed by atoms with E-state index in [4.69, 9.17) is 9.51 Å². The fourth-order valence-electron chi connectivity index (χ4n) is 3.11. The summed E-state index contributed by atoms with van der Waals surface area (Å²) in [6, 6.07) is 0.127. The summed E-state index contributed by atoms with van der Waals surface area (Å²) in [6.45, 7) is 11.9. The zero-order chi connectivity index (χ0) is 17.8. The fraction of sp³-hybridized carbons (Fsp3) is 0.706. The molecule has 0 saturated carbocycles. The van der Waals surface area contributed by atoms with E-state index < -0.39 is 0 Å². The van der Waals surface area contributed by atoms with Crippen LogP contribution in [0.25, 0.3) is 0 Å². The summed E-state index contributed by atoms with van der Waals surface area (Å²) < 4.78 is 5.39. The molecule has 2 aromatic heterocycles. The van der Waals surface area contributed by atoms with Crippen LogP contribution in [-0.4, -0.2) is 56.4 Å². The molecule has 0 aromatic carbocycles. The van der Waals surface area contributed by atoms with E-state index in [1.807, 2.05) is 6.92 Å². The van der Waals surface area contributed by atoms with Crippen molar-refractivity contribution >= 4 is 5.95 Å². The van der Waals surface area contributed by atoms with E-state index in [1.54, 1.807) is 0 Å². The second kappa shape index (κ2) is 7.86. The van der Waals surface area contributed by atoms with Gasteiger partial charge in [-0.2, -0.15) is 10.1 Å². The van der Waals surface area contributed by atoms with Gasteiger partial charge >= 0.3 is 0 Å². The van der Waals surface area contributed by atoms with Crippen LogP contribution in [0.5, 0.6) is 0 Å². The van der Waals surface area contributed by atoms with Crippen LogP contribution in [-0.2, 0) is 19.3 Å². The summed E-state index contributed by atoms with van der Waals surface area (Å²) in [5.41, 5.74) is 2.06. The van der Waals surface area contributed by atoms with Crippen LogP contribution in [0.2, 0.25) is 0 Å². The molecule has 2 aromatic rings. The Balaban J connectivity index is 1.63. The van der Waals surface area contributed by atoms with Gasteiger partial charge < -0.3 is 9.42 Å². The summed E-state index contributed by atoms with van der Waals surface area (Å²) >= 11 is 0. The summed E-state index contributed by atoms with van der Waals surface area (Å²) in [5.74, 6) is 2.21. The average molecular weight is 345 g/mol. The van der Waals surface area contributed by atoms with Gasteiger partial charge in [0.2, 0.25) is 11.8 Å². The lowest BCUT2D eigenvalue weighted by molar-refractivity contribution is 0.163. The number of hydrogen-bond donors (Lipinski definition) is 0. The molecule has 136 valence electrons. The van der Waals surface area contributed by atoms with E-state index in [0.717, 1.165) is 68.6 Å². The molecule has 0 aliphatic carbocycles. The van der Waals surface area contributed by atoms with Gasteiger partial charge in [-0.15, -0.1) is 5.10 Å². The zero-order valence-electron chi connectivity index (χ0n) is 15.6. The quantitative estimate of drug-likeness (QED) is 0.784. The van der Waals surface area contributed by atoms with Gasteiger partial charge in [0.1, 0.15) is 0 Å². The molecule has 3 heterocycles. The van der Waals surface area contributed by atoms with E-state index in [2.05, 4.69) is 50.9 Å². The Kier molecular flexibility index (Phi) is 5.57. The Hall–Kier alpha value is -2.09. The molecular weight excluding hydrogens is 318 g/mol. The predicted molar refractivity (Wildman–Crippen MR) is 94.5 cm³/mol. The SMILES string of the molecule is CCc1noc(C(C)N2CCN(c3nnc(CC)c(CC)n3)CC2)n1. The van der Waals surface area contributed by atoms with Gasteiger partial charge in [0.15, 0.2) is 5.82 Å². The van der Waals surface area contributed by atoms with E-state index in [1.165, 1.54) is 0 Å². The standard InChI is InChI=1S/C17H27N7O/c1-5-13-14(6-2)20-21-17(18-13)24-10-8-23(9-11-24)12(4)16-19-15(7-3)22-25-16/h12H,5-11H2,1-4H3. The first-order valence-corrected chi connectivity index (χ1v) is 9.20. The lowest BCUT2D eigenvalue weighted by atomic mass is 10.2. The Morgan fingerprint density at radius 1 is 0.920 bits per heavy atom. The first-order valence-electron chi connectivity index (χ1n) is 9.20. The van der Waals surface area contributed by atoms with Crippen LogP contribution in [0.3, 0.4) is 0 Å². The van der Waals surface area contributed by atoms with Crippen LogP contribution in [0.15, 0.2) is 4.52 Å². The largest absolute Gasteiger partial charge is 0.338 e. The lowest BCUT2D eigenvalue weighted by Crippen LogP contribution is -2.48. The van der Waals surface area contributed by atoms with Crippen molar-refractivity contribution in [3.8, 4) is 0 Å². The maximum atomic E-state index is 5.39. The summed E-state index contributed by atoms with van der Waals surface area (Å²) in [6.07, 6.45) is 2.56. The molecular formula is C17H27N7O. The highest BCUT2D eigenvalue weighted by Gasteiger charge is 2.27. The van der Waals surface area contributed by atoms with Crippen molar-refractivity contribution in [2.75, 3.05) is 31.1 Å². The Bertz CT molecular complexity index is 694. The first kappa shape index (κ1) is 17.7. The van der Waals surface area contributed by atoms with Crippen molar-refractivity contribution in [1.82, 2.24) is 30.2 Å². The van der Waals surface area contributed by atoms with Gasteiger partial charge in [-0.05, 0) is 19.8 Å². The topological polar surface area (TPSA) is 84.1 Å². The van der Waals surface area contributed by atoms with Gasteiger partial charge in [-0.1, -0.05) is 25.9 Å². The van der Waals surface area contributed by atoms with Crippen molar-refractivity contribution in [2.24, 2.45) is 0 Å². The van der Waals surface area contributed by atoms with E-state index >= 15 is 0 Å². The molecule has 1 saturated heterocycles. The minimum Gasteiger partial charge on any atom is -0.338 e. The third-order valence-electron chi connectivity index (χ3n) is 4.80. The molecule has 25 heavy (non-hydrogen) atoms. The number of hydrogen-bond acceptors (Lipinski definition) is 8. The average Bonchev–Trinajstić information content (AvgIpc) is 3.16. The Morgan fingerprint density at radius 2 is 1.64 bits per heavy atom. The monoisotopic (exact) mass is 345 g/mol. The molecule has 8 nitrogen and oxygen atoms in total. The molecule has 1 atom stereocenters. The van der Waals surface area contributed by atoms with E-state index in [0.29, 0.717) is 5.89 Å². The Labute approximate surface area is 148 Å². The van der Waals surface area contributed by atoms with Gasteiger partial charge in [-0.25, -0.2) is 4.98 Å². The highest BCUT2D eigenvalue weighted by Crippen LogP contribution is 2.21. The molecule has 1 fully saturated rings. The fourth-order valence-corrected chi connectivity index (χ4v) is 3.11. The second-order valence-corrected chi connectivity index (χ2v) is 6.31. The van der Waals surface area contributed by atoms with Gasteiger partial charge in [0.05, 0.1) is 17.4 Å². The predicted octanol–water partition coefficient (Wildman–Crippen LogP) is 1.82. The van der Waals surface area contributed by atoms with Crippen LogP contribution in [0.1, 0.15) is 56.8 Å². The lowest BCUT2D eigenvalue weighted by Gasteiger charge is -2.36. The van der Waals surface area contributed by atoms with Crippen molar-refractivity contribution < 1.29 is 4.52 Å². The zero-order valence-corrected chi connectivity index (χ0v) is 15.6. The van der Waals surface area contributed by atoms with Crippen molar-refractivity contribution in [2.45, 2.75) is 53.0 Å². The smallest absolute Gasteiger partial charge is 0.245 e. The third-order valence-corrected chi connectivity index (χ3v) is 4.80. The number of aryl methyl sites for hydroxylation is 3. The van der Waals surface area contributed by atoms with Crippen LogP contribution < -0.4 is 4.90 Å². The molecule has 0 N–H and O–H groups in total. The van der Waals surface area contributed by atoms with Crippen molar-refractivity contribution in [3.63, 3.8) is 0 Å². The molecule has 1 unspecified atom stereocenters. The summed E-state index contributed by atoms with van der Waals surface area (Å²) in [7, 11) is 0. The maximum Gasteiger partial charge on any atom is 0.245 e. The highest BCUT2D eigenvalue weighted by atomic mass is 16.5. The van der Waals surface area contributed by atoms with E-state index in [9.17, 15) is 0 Å². The molecule has 0 spiro atoms. The molecule has 3 rings (SSSR count). The Morgan fingerprint density at radius 3 is 2.24 bits per heavy atom. The minimum atomic E-state index is 0.127. The molecule has 1 aliphatic rings. The maximum absolute atomic E-state index is 5.39. The number of piperazine rings is 1. The summed E-state index contributed by atoms with van der Waals surface area (Å²) in [4.78, 5) is 13.7. The number of rotatable bonds is 6. The van der Waals surface area contributed by atoms with Gasteiger partial charge in [-0.3, -0.25) is 4.90 Å². The van der Waals surface area contributed by atoms with E-state index in [-0.39, 0.29) is 6.04 Å². The van der Waals surface area contributed by atoms with Crippen molar-refractivity contribution in [1.29, 1.82) is 0 Å². The first-order chi connectivity index (χ1) is 12.2. The van der Waals surface area contributed by atoms with Gasteiger partial charge in [0.25, 0.3) is 0 Å². The number of anilines is 1. The second-order valence-electron chi connectivity index (χ2n) is 6.31. The van der Waals surface area contributed by atoms with Crippen LogP contribution >= 0.6 is 0 Å². The van der Waals surface area contributed by atoms with Crippen molar-refractivity contribution in [3.05, 3.63) is 23.1 Å². The normalized spacial score (nSPS) is 17.0. The minimum absolute atomic E-state index is 0.127.